The van der Waals surface area contributed by atoms with Crippen molar-refractivity contribution in [3.8, 4) is 0 Å². The highest BCUT2D eigenvalue weighted by Crippen LogP contribution is 2.26. The molecule has 1 aliphatic carbocycles. The fraction of sp³-hybridized carbons (Fsp3) is 0.533. The van der Waals surface area contributed by atoms with E-state index in [2.05, 4.69) is 21.2 Å². The molecule has 0 aromatic heterocycles. The maximum absolute atomic E-state index is 11.8. The average molecular weight is 325 g/mol. The molecular formula is C15H21BrN2O. The summed E-state index contributed by atoms with van der Waals surface area (Å²) in [5.74, 6) is -0.309. The SMILES string of the molecule is NC(=O)C(NC1CCCCCC1)c1ccccc1Br. The van der Waals surface area contributed by atoms with E-state index < -0.39 is 6.04 Å². The summed E-state index contributed by atoms with van der Waals surface area (Å²) in [5, 5.41) is 3.45. The number of halogens is 1. The van der Waals surface area contributed by atoms with Gasteiger partial charge in [-0.3, -0.25) is 10.1 Å². The number of nitrogens with one attached hydrogen (secondary N) is 1. The van der Waals surface area contributed by atoms with Gasteiger partial charge in [-0.2, -0.15) is 0 Å². The van der Waals surface area contributed by atoms with Gasteiger partial charge in [0.2, 0.25) is 5.91 Å². The molecule has 0 radical (unpaired) electrons. The van der Waals surface area contributed by atoms with Crippen LogP contribution in [0.25, 0.3) is 0 Å². The predicted molar refractivity (Wildman–Crippen MR) is 80.7 cm³/mol. The highest BCUT2D eigenvalue weighted by atomic mass is 79.9. The van der Waals surface area contributed by atoms with Gasteiger partial charge in [-0.05, 0) is 24.5 Å². The van der Waals surface area contributed by atoms with Crippen LogP contribution in [-0.2, 0) is 4.79 Å². The van der Waals surface area contributed by atoms with Crippen molar-refractivity contribution in [1.82, 2.24) is 5.32 Å². The van der Waals surface area contributed by atoms with E-state index in [0.717, 1.165) is 22.9 Å². The van der Waals surface area contributed by atoms with Crippen molar-refractivity contribution >= 4 is 21.8 Å². The molecule has 104 valence electrons. The summed E-state index contributed by atoms with van der Waals surface area (Å²) in [5.41, 5.74) is 6.50. The second-order valence-corrected chi connectivity index (χ2v) is 6.07. The van der Waals surface area contributed by atoms with Crippen LogP contribution in [0.5, 0.6) is 0 Å². The average Bonchev–Trinajstić information content (AvgIpc) is 2.65. The Morgan fingerprint density at radius 1 is 1.21 bits per heavy atom. The molecule has 1 fully saturated rings. The molecule has 4 heteroatoms. The minimum atomic E-state index is -0.404. The fourth-order valence-corrected chi connectivity index (χ4v) is 3.23. The van der Waals surface area contributed by atoms with E-state index in [9.17, 15) is 4.79 Å². The zero-order chi connectivity index (χ0) is 13.7. The Balaban J connectivity index is 2.12. The molecule has 3 N–H and O–H groups in total. The first kappa shape index (κ1) is 14.5. The maximum Gasteiger partial charge on any atom is 0.239 e. The summed E-state index contributed by atoms with van der Waals surface area (Å²) in [6, 6.07) is 7.76. The van der Waals surface area contributed by atoms with Crippen molar-refractivity contribution in [3.63, 3.8) is 0 Å². The Morgan fingerprint density at radius 2 is 1.84 bits per heavy atom. The van der Waals surface area contributed by atoms with Crippen LogP contribution in [0.4, 0.5) is 0 Å². The third kappa shape index (κ3) is 4.05. The molecule has 1 atom stereocenters. The molecule has 0 bridgehead atoms. The summed E-state index contributed by atoms with van der Waals surface area (Å²) in [4.78, 5) is 11.8. The third-order valence-electron chi connectivity index (χ3n) is 3.76. The van der Waals surface area contributed by atoms with Gasteiger partial charge >= 0.3 is 0 Å². The van der Waals surface area contributed by atoms with E-state index in [1.807, 2.05) is 24.3 Å². The molecule has 3 nitrogen and oxygen atoms in total. The number of hydrogen-bond acceptors (Lipinski definition) is 2. The largest absolute Gasteiger partial charge is 0.368 e. The van der Waals surface area contributed by atoms with Crippen LogP contribution < -0.4 is 11.1 Å². The zero-order valence-electron chi connectivity index (χ0n) is 11.1. The zero-order valence-corrected chi connectivity index (χ0v) is 12.7. The van der Waals surface area contributed by atoms with Crippen LogP contribution in [-0.4, -0.2) is 11.9 Å². The van der Waals surface area contributed by atoms with Gasteiger partial charge in [0.05, 0.1) is 0 Å². The lowest BCUT2D eigenvalue weighted by Crippen LogP contribution is -2.40. The fourth-order valence-electron chi connectivity index (χ4n) is 2.72. The Kier molecular flexibility index (Phi) is 5.40. The Morgan fingerprint density at radius 3 is 2.42 bits per heavy atom. The molecule has 2 rings (SSSR count). The van der Waals surface area contributed by atoms with Crippen molar-refractivity contribution in [2.24, 2.45) is 5.73 Å². The van der Waals surface area contributed by atoms with E-state index in [1.165, 1.54) is 25.7 Å². The lowest BCUT2D eigenvalue weighted by molar-refractivity contribution is -0.120. The second kappa shape index (κ2) is 7.06. The van der Waals surface area contributed by atoms with Gasteiger partial charge in [0.1, 0.15) is 6.04 Å². The summed E-state index contributed by atoms with van der Waals surface area (Å²) in [6.07, 6.45) is 7.34. The molecule has 0 spiro atoms. The first-order valence-corrected chi connectivity index (χ1v) is 7.77. The van der Waals surface area contributed by atoms with Gasteiger partial charge in [-0.15, -0.1) is 0 Å². The number of nitrogens with two attached hydrogens (primary N) is 1. The van der Waals surface area contributed by atoms with Crippen LogP contribution >= 0.6 is 15.9 Å². The topological polar surface area (TPSA) is 55.1 Å². The van der Waals surface area contributed by atoms with Crippen molar-refractivity contribution in [2.45, 2.75) is 50.6 Å². The van der Waals surface area contributed by atoms with E-state index in [-0.39, 0.29) is 5.91 Å². The lowest BCUT2D eigenvalue weighted by Gasteiger charge is -2.23. The van der Waals surface area contributed by atoms with Crippen LogP contribution in [0.3, 0.4) is 0 Å². The summed E-state index contributed by atoms with van der Waals surface area (Å²) < 4.78 is 0.930. The number of carbonyl (C=O) groups is 1. The molecule has 0 heterocycles. The van der Waals surface area contributed by atoms with Crippen molar-refractivity contribution in [3.05, 3.63) is 34.3 Å². The monoisotopic (exact) mass is 324 g/mol. The van der Waals surface area contributed by atoms with Gasteiger partial charge in [-0.25, -0.2) is 0 Å². The predicted octanol–water partition coefficient (Wildman–Crippen LogP) is 3.29. The smallest absolute Gasteiger partial charge is 0.239 e. The molecule has 1 aromatic carbocycles. The Hall–Kier alpha value is -0.870. The van der Waals surface area contributed by atoms with Crippen molar-refractivity contribution in [2.75, 3.05) is 0 Å². The molecule has 0 aliphatic heterocycles. The Bertz CT molecular complexity index is 428. The van der Waals surface area contributed by atoms with Crippen LogP contribution in [0, 0.1) is 0 Å². The minimum absolute atomic E-state index is 0.309. The highest BCUT2D eigenvalue weighted by Gasteiger charge is 2.23. The van der Waals surface area contributed by atoms with Gasteiger partial charge in [-0.1, -0.05) is 59.8 Å². The summed E-state index contributed by atoms with van der Waals surface area (Å²) in [7, 11) is 0. The Labute approximate surface area is 123 Å². The first-order valence-electron chi connectivity index (χ1n) is 6.98. The molecule has 1 amide bonds. The van der Waals surface area contributed by atoms with Gasteiger partial charge in [0, 0.05) is 10.5 Å². The van der Waals surface area contributed by atoms with Crippen LogP contribution in [0.2, 0.25) is 0 Å². The van der Waals surface area contributed by atoms with Gasteiger partial charge in [0.25, 0.3) is 0 Å². The summed E-state index contributed by atoms with van der Waals surface area (Å²) >= 11 is 3.50. The molecule has 19 heavy (non-hydrogen) atoms. The molecule has 1 unspecified atom stereocenters. The minimum Gasteiger partial charge on any atom is -0.368 e. The van der Waals surface area contributed by atoms with Crippen molar-refractivity contribution < 1.29 is 4.79 Å². The van der Waals surface area contributed by atoms with E-state index in [4.69, 9.17) is 5.73 Å². The first-order chi connectivity index (χ1) is 9.18. The number of primary amides is 1. The second-order valence-electron chi connectivity index (χ2n) is 5.21. The van der Waals surface area contributed by atoms with Crippen molar-refractivity contribution in [1.29, 1.82) is 0 Å². The molecule has 1 aromatic rings. The maximum atomic E-state index is 11.8. The third-order valence-corrected chi connectivity index (χ3v) is 4.48. The summed E-state index contributed by atoms with van der Waals surface area (Å²) in [6.45, 7) is 0. The lowest BCUT2D eigenvalue weighted by atomic mass is 10.0. The molecule has 1 saturated carbocycles. The quantitative estimate of drug-likeness (QED) is 0.835. The van der Waals surface area contributed by atoms with Gasteiger partial charge < -0.3 is 5.73 Å². The van der Waals surface area contributed by atoms with Crippen LogP contribution in [0.15, 0.2) is 28.7 Å². The molecule has 1 aliphatic rings. The van der Waals surface area contributed by atoms with Gasteiger partial charge in [0.15, 0.2) is 0 Å². The number of hydrogen-bond donors (Lipinski definition) is 2. The van der Waals surface area contributed by atoms with Crippen LogP contribution in [0.1, 0.15) is 50.1 Å². The van der Waals surface area contributed by atoms with E-state index >= 15 is 0 Å². The van der Waals surface area contributed by atoms with E-state index in [1.54, 1.807) is 0 Å². The number of rotatable bonds is 4. The number of carbonyl (C=O) groups excluding carboxylic acids is 1. The highest BCUT2D eigenvalue weighted by molar-refractivity contribution is 9.10. The van der Waals surface area contributed by atoms with E-state index in [0.29, 0.717) is 6.04 Å². The normalized spacial score (nSPS) is 18.8. The molecular weight excluding hydrogens is 304 g/mol. The number of benzene rings is 1. The number of amides is 1. The standard InChI is InChI=1S/C15H21BrN2O/c16-13-10-6-5-9-12(13)14(15(17)19)18-11-7-3-1-2-4-8-11/h5-6,9-11,14,18H,1-4,7-8H2,(H2,17,19). The molecule has 0 saturated heterocycles.